The van der Waals surface area contributed by atoms with Crippen molar-refractivity contribution in [1.29, 1.82) is 0 Å². The molecular formula is C17H32N4. The van der Waals surface area contributed by atoms with E-state index >= 15 is 0 Å². The molecule has 4 nitrogen and oxygen atoms in total. The molecule has 1 aromatic rings. The van der Waals surface area contributed by atoms with Gasteiger partial charge in [-0.25, -0.2) is 0 Å². The van der Waals surface area contributed by atoms with Crippen LogP contribution in [0.2, 0.25) is 0 Å². The summed E-state index contributed by atoms with van der Waals surface area (Å²) in [5.74, 6) is 0.736. The molecule has 1 N–H and O–H groups in total. The first-order valence-corrected chi connectivity index (χ1v) is 8.20. The lowest BCUT2D eigenvalue weighted by Crippen LogP contribution is -2.60. The Labute approximate surface area is 129 Å². The van der Waals surface area contributed by atoms with Gasteiger partial charge >= 0.3 is 0 Å². The summed E-state index contributed by atoms with van der Waals surface area (Å²) in [5.41, 5.74) is 1.62. The predicted molar refractivity (Wildman–Crippen MR) is 88.1 cm³/mol. The summed E-state index contributed by atoms with van der Waals surface area (Å²) < 4.78 is 1.90. The van der Waals surface area contributed by atoms with Gasteiger partial charge in [0.05, 0.1) is 6.20 Å². The molecule has 0 aliphatic carbocycles. The second kappa shape index (κ2) is 6.49. The molecular weight excluding hydrogens is 260 g/mol. The average Bonchev–Trinajstić information content (AvgIpc) is 2.75. The Kier molecular flexibility index (Phi) is 5.10. The van der Waals surface area contributed by atoms with Gasteiger partial charge in [0.25, 0.3) is 0 Å². The first-order chi connectivity index (χ1) is 9.75. The van der Waals surface area contributed by atoms with Crippen LogP contribution in [0.5, 0.6) is 0 Å². The van der Waals surface area contributed by atoms with Crippen molar-refractivity contribution in [2.45, 2.75) is 59.7 Å². The highest BCUT2D eigenvalue weighted by Gasteiger charge is 2.34. The van der Waals surface area contributed by atoms with E-state index in [1.807, 2.05) is 17.9 Å². The number of aromatic nitrogens is 2. The fourth-order valence-electron chi connectivity index (χ4n) is 3.19. The molecule has 1 aliphatic rings. The fourth-order valence-corrected chi connectivity index (χ4v) is 3.19. The molecule has 0 radical (unpaired) electrons. The Balaban J connectivity index is 2.08. The number of hydrogen-bond acceptors (Lipinski definition) is 3. The van der Waals surface area contributed by atoms with Crippen molar-refractivity contribution in [1.82, 2.24) is 20.0 Å². The van der Waals surface area contributed by atoms with E-state index in [0.717, 1.165) is 25.6 Å². The maximum atomic E-state index is 4.31. The van der Waals surface area contributed by atoms with Crippen molar-refractivity contribution < 1.29 is 0 Å². The molecule has 0 saturated carbocycles. The molecule has 0 amide bonds. The van der Waals surface area contributed by atoms with Crippen molar-refractivity contribution in [3.8, 4) is 0 Å². The standard InChI is InChI=1S/C17H32N4/c1-13(2)7-15-9-18-16(17(3,4)5)12-21(15)11-14-8-19-20(6)10-14/h8,10,13,15-16,18H,7,9,11-12H2,1-6H3. The lowest BCUT2D eigenvalue weighted by molar-refractivity contribution is 0.0691. The number of aryl methyl sites for hydroxylation is 1. The molecule has 0 spiro atoms. The van der Waals surface area contributed by atoms with Crippen molar-refractivity contribution in [2.75, 3.05) is 13.1 Å². The van der Waals surface area contributed by atoms with E-state index < -0.39 is 0 Å². The van der Waals surface area contributed by atoms with Gasteiger partial charge in [0.1, 0.15) is 0 Å². The topological polar surface area (TPSA) is 33.1 Å². The predicted octanol–water partition coefficient (Wildman–Crippen LogP) is 2.65. The Hall–Kier alpha value is -0.870. The minimum absolute atomic E-state index is 0.302. The third kappa shape index (κ3) is 4.55. The van der Waals surface area contributed by atoms with Crippen molar-refractivity contribution in [3.63, 3.8) is 0 Å². The van der Waals surface area contributed by atoms with Gasteiger partial charge < -0.3 is 5.32 Å². The summed E-state index contributed by atoms with van der Waals surface area (Å²) in [6.07, 6.45) is 5.39. The zero-order valence-electron chi connectivity index (χ0n) is 14.6. The van der Waals surface area contributed by atoms with E-state index in [9.17, 15) is 0 Å². The van der Waals surface area contributed by atoms with Crippen LogP contribution < -0.4 is 5.32 Å². The van der Waals surface area contributed by atoms with Crippen LogP contribution in [0, 0.1) is 11.3 Å². The van der Waals surface area contributed by atoms with E-state index in [4.69, 9.17) is 0 Å². The summed E-state index contributed by atoms with van der Waals surface area (Å²) in [5, 5.41) is 8.08. The van der Waals surface area contributed by atoms with E-state index in [0.29, 0.717) is 17.5 Å². The highest BCUT2D eigenvalue weighted by atomic mass is 15.3. The molecule has 2 unspecified atom stereocenters. The third-order valence-corrected chi connectivity index (χ3v) is 4.47. The molecule has 2 atom stereocenters. The van der Waals surface area contributed by atoms with Gasteiger partial charge in [0.2, 0.25) is 0 Å². The summed E-state index contributed by atoms with van der Waals surface area (Å²) >= 11 is 0. The number of nitrogens with zero attached hydrogens (tertiary/aromatic N) is 3. The average molecular weight is 292 g/mol. The second-order valence-electron chi connectivity index (χ2n) is 8.06. The minimum atomic E-state index is 0.302. The van der Waals surface area contributed by atoms with Crippen LogP contribution in [0.1, 0.15) is 46.6 Å². The molecule has 4 heteroatoms. The van der Waals surface area contributed by atoms with E-state index in [2.05, 4.69) is 56.1 Å². The first-order valence-electron chi connectivity index (χ1n) is 8.20. The van der Waals surface area contributed by atoms with Crippen LogP contribution in [0.15, 0.2) is 12.4 Å². The summed E-state index contributed by atoms with van der Waals surface area (Å²) in [6.45, 7) is 14.9. The van der Waals surface area contributed by atoms with Gasteiger partial charge in [-0.1, -0.05) is 34.6 Å². The number of piperazine rings is 1. The Morgan fingerprint density at radius 3 is 2.62 bits per heavy atom. The number of rotatable bonds is 4. The van der Waals surface area contributed by atoms with E-state index in [1.54, 1.807) is 0 Å². The van der Waals surface area contributed by atoms with Gasteiger partial charge in [0, 0.05) is 50.5 Å². The fraction of sp³-hybridized carbons (Fsp3) is 0.824. The molecule has 0 aromatic carbocycles. The minimum Gasteiger partial charge on any atom is -0.311 e. The van der Waals surface area contributed by atoms with Crippen molar-refractivity contribution >= 4 is 0 Å². The van der Waals surface area contributed by atoms with Crippen LogP contribution in [0.4, 0.5) is 0 Å². The van der Waals surface area contributed by atoms with Crippen molar-refractivity contribution in [2.24, 2.45) is 18.4 Å². The van der Waals surface area contributed by atoms with Gasteiger partial charge in [-0.05, 0) is 17.8 Å². The van der Waals surface area contributed by atoms with Crippen molar-refractivity contribution in [3.05, 3.63) is 18.0 Å². The SMILES string of the molecule is CC(C)CC1CNC(C(C)(C)C)CN1Cc1cnn(C)c1. The molecule has 2 rings (SSSR count). The zero-order valence-corrected chi connectivity index (χ0v) is 14.6. The van der Waals surface area contributed by atoms with Crippen LogP contribution in [0.3, 0.4) is 0 Å². The van der Waals surface area contributed by atoms with Crippen LogP contribution in [-0.4, -0.2) is 39.9 Å². The molecule has 1 aromatic heterocycles. The van der Waals surface area contributed by atoms with E-state index in [-0.39, 0.29) is 0 Å². The van der Waals surface area contributed by atoms with Gasteiger partial charge in [-0.3, -0.25) is 9.58 Å². The first kappa shape index (κ1) is 16.5. The van der Waals surface area contributed by atoms with E-state index in [1.165, 1.54) is 12.0 Å². The molecule has 1 fully saturated rings. The molecule has 120 valence electrons. The molecule has 2 heterocycles. The zero-order chi connectivity index (χ0) is 15.6. The van der Waals surface area contributed by atoms with Gasteiger partial charge in [0.15, 0.2) is 0 Å². The lowest BCUT2D eigenvalue weighted by atomic mass is 9.84. The maximum Gasteiger partial charge on any atom is 0.0534 e. The number of nitrogens with one attached hydrogen (secondary N) is 1. The monoisotopic (exact) mass is 292 g/mol. The van der Waals surface area contributed by atoms with Gasteiger partial charge in [-0.15, -0.1) is 0 Å². The quantitative estimate of drug-likeness (QED) is 0.926. The summed E-state index contributed by atoms with van der Waals surface area (Å²) in [7, 11) is 1.99. The molecule has 1 aliphatic heterocycles. The lowest BCUT2D eigenvalue weighted by Gasteiger charge is -2.45. The Bertz CT molecular complexity index is 444. The van der Waals surface area contributed by atoms with Crippen LogP contribution in [0.25, 0.3) is 0 Å². The number of hydrogen-bond donors (Lipinski definition) is 1. The second-order valence-corrected chi connectivity index (χ2v) is 8.06. The highest BCUT2D eigenvalue weighted by molar-refractivity contribution is 5.05. The normalized spacial score (nSPS) is 24.7. The Morgan fingerprint density at radius 2 is 2.10 bits per heavy atom. The van der Waals surface area contributed by atoms with Crippen LogP contribution in [-0.2, 0) is 13.6 Å². The summed E-state index contributed by atoms with van der Waals surface area (Å²) in [6, 6.07) is 1.18. The smallest absolute Gasteiger partial charge is 0.0534 e. The molecule has 21 heavy (non-hydrogen) atoms. The molecule has 0 bridgehead atoms. The van der Waals surface area contributed by atoms with Crippen LogP contribution >= 0.6 is 0 Å². The highest BCUT2D eigenvalue weighted by Crippen LogP contribution is 2.26. The third-order valence-electron chi connectivity index (χ3n) is 4.47. The largest absolute Gasteiger partial charge is 0.311 e. The summed E-state index contributed by atoms with van der Waals surface area (Å²) in [4.78, 5) is 2.66. The Morgan fingerprint density at radius 1 is 1.38 bits per heavy atom. The molecule has 1 saturated heterocycles. The maximum absolute atomic E-state index is 4.31. The van der Waals surface area contributed by atoms with Gasteiger partial charge in [-0.2, -0.15) is 5.10 Å².